The molecule has 116 valence electrons. The number of nitrogens with zero attached hydrogens (tertiary/aromatic N) is 2. The molecule has 0 N–H and O–H groups in total. The van der Waals surface area contributed by atoms with Crippen molar-refractivity contribution in [3.63, 3.8) is 0 Å². The summed E-state index contributed by atoms with van der Waals surface area (Å²) in [5, 5.41) is 0. The summed E-state index contributed by atoms with van der Waals surface area (Å²) in [5.74, 6) is 1.04. The number of benzene rings is 1. The molecule has 0 amide bonds. The van der Waals surface area contributed by atoms with Gasteiger partial charge in [0.05, 0.1) is 11.9 Å². The standard InChI is InChI=1S/C18H26N2.ClH/c1-13(2)15-8-7-9-16(14(3)4)17(15)18(5,6)20-11-10-19-12-20;/h7-14H,1-6H3;1H. The van der Waals surface area contributed by atoms with Gasteiger partial charge in [-0.15, -0.1) is 12.4 Å². The van der Waals surface area contributed by atoms with Crippen LogP contribution < -0.4 is 0 Å². The minimum absolute atomic E-state index is 0. The number of halogens is 1. The van der Waals surface area contributed by atoms with Crippen molar-refractivity contribution in [3.8, 4) is 0 Å². The van der Waals surface area contributed by atoms with E-state index in [1.807, 2.05) is 12.5 Å². The van der Waals surface area contributed by atoms with Crippen LogP contribution in [0.15, 0.2) is 36.9 Å². The molecular formula is C18H27ClN2. The van der Waals surface area contributed by atoms with Gasteiger partial charge in [-0.3, -0.25) is 0 Å². The normalized spacial score (nSPS) is 11.8. The van der Waals surface area contributed by atoms with E-state index >= 15 is 0 Å². The smallest absolute Gasteiger partial charge is 0.0953 e. The van der Waals surface area contributed by atoms with E-state index in [0.29, 0.717) is 11.8 Å². The Morgan fingerprint density at radius 1 is 1.00 bits per heavy atom. The van der Waals surface area contributed by atoms with Crippen molar-refractivity contribution >= 4 is 12.4 Å². The maximum atomic E-state index is 4.23. The van der Waals surface area contributed by atoms with E-state index in [9.17, 15) is 0 Å². The lowest BCUT2D eigenvalue weighted by Crippen LogP contribution is -2.30. The Balaban J connectivity index is 0.00000220. The van der Waals surface area contributed by atoms with Gasteiger partial charge in [-0.05, 0) is 42.4 Å². The zero-order chi connectivity index (χ0) is 14.9. The molecule has 0 aliphatic rings. The molecule has 0 aliphatic carbocycles. The summed E-state index contributed by atoms with van der Waals surface area (Å²) in [5.41, 5.74) is 4.24. The minimum atomic E-state index is -0.0863. The SMILES string of the molecule is CC(C)c1cccc(C(C)C)c1C(C)(C)n1ccnc1.Cl. The van der Waals surface area contributed by atoms with Gasteiger partial charge in [0.1, 0.15) is 0 Å². The van der Waals surface area contributed by atoms with Gasteiger partial charge in [-0.25, -0.2) is 4.98 Å². The second kappa shape index (κ2) is 6.65. The Morgan fingerprint density at radius 2 is 1.52 bits per heavy atom. The van der Waals surface area contributed by atoms with Crippen LogP contribution in [0.2, 0.25) is 0 Å². The van der Waals surface area contributed by atoms with Gasteiger partial charge in [-0.1, -0.05) is 45.9 Å². The molecule has 3 heteroatoms. The molecule has 0 aliphatic heterocycles. The third-order valence-corrected chi connectivity index (χ3v) is 4.13. The highest BCUT2D eigenvalue weighted by molar-refractivity contribution is 5.85. The van der Waals surface area contributed by atoms with Gasteiger partial charge in [0.15, 0.2) is 0 Å². The van der Waals surface area contributed by atoms with Crippen molar-refractivity contribution in [2.75, 3.05) is 0 Å². The Hall–Kier alpha value is -1.28. The molecule has 0 saturated carbocycles. The fraction of sp³-hybridized carbons (Fsp3) is 0.500. The Morgan fingerprint density at radius 3 is 1.90 bits per heavy atom. The van der Waals surface area contributed by atoms with Gasteiger partial charge in [0.25, 0.3) is 0 Å². The summed E-state index contributed by atoms with van der Waals surface area (Å²) in [6.45, 7) is 13.6. The maximum Gasteiger partial charge on any atom is 0.0953 e. The fourth-order valence-corrected chi connectivity index (χ4v) is 2.98. The molecular weight excluding hydrogens is 280 g/mol. The van der Waals surface area contributed by atoms with Gasteiger partial charge < -0.3 is 4.57 Å². The summed E-state index contributed by atoms with van der Waals surface area (Å²) in [7, 11) is 0. The first kappa shape index (κ1) is 17.8. The monoisotopic (exact) mass is 306 g/mol. The second-order valence-corrected chi connectivity index (χ2v) is 6.65. The summed E-state index contributed by atoms with van der Waals surface area (Å²) in [6.07, 6.45) is 5.83. The van der Waals surface area contributed by atoms with Crippen LogP contribution in [0.3, 0.4) is 0 Å². The highest BCUT2D eigenvalue weighted by Crippen LogP contribution is 2.37. The van der Waals surface area contributed by atoms with E-state index in [4.69, 9.17) is 0 Å². The lowest BCUT2D eigenvalue weighted by molar-refractivity contribution is 0.424. The Bertz CT molecular complexity index is 543. The van der Waals surface area contributed by atoms with Gasteiger partial charge in [-0.2, -0.15) is 0 Å². The molecule has 0 atom stereocenters. The van der Waals surface area contributed by atoms with Crippen LogP contribution in [-0.2, 0) is 5.54 Å². The third kappa shape index (κ3) is 3.32. The van der Waals surface area contributed by atoms with Gasteiger partial charge >= 0.3 is 0 Å². The van der Waals surface area contributed by atoms with Crippen LogP contribution in [0.25, 0.3) is 0 Å². The first-order chi connectivity index (χ1) is 9.35. The Kier molecular flexibility index (Phi) is 5.63. The van der Waals surface area contributed by atoms with Crippen LogP contribution in [0.5, 0.6) is 0 Å². The molecule has 1 aromatic heterocycles. The van der Waals surface area contributed by atoms with Crippen molar-refractivity contribution in [2.45, 2.75) is 58.9 Å². The molecule has 0 fully saturated rings. The molecule has 0 saturated heterocycles. The molecule has 1 aromatic carbocycles. The average molecular weight is 307 g/mol. The second-order valence-electron chi connectivity index (χ2n) is 6.65. The van der Waals surface area contributed by atoms with E-state index in [0.717, 1.165) is 0 Å². The minimum Gasteiger partial charge on any atom is -0.328 e. The topological polar surface area (TPSA) is 17.8 Å². The van der Waals surface area contributed by atoms with Crippen LogP contribution in [-0.4, -0.2) is 9.55 Å². The zero-order valence-corrected chi connectivity index (χ0v) is 14.7. The lowest BCUT2D eigenvalue weighted by Gasteiger charge is -2.34. The fourth-order valence-electron chi connectivity index (χ4n) is 2.98. The van der Waals surface area contributed by atoms with E-state index in [1.54, 1.807) is 0 Å². The van der Waals surface area contributed by atoms with Crippen molar-refractivity contribution < 1.29 is 0 Å². The zero-order valence-electron chi connectivity index (χ0n) is 13.9. The summed E-state index contributed by atoms with van der Waals surface area (Å²) in [6, 6.07) is 6.73. The maximum absolute atomic E-state index is 4.23. The highest BCUT2D eigenvalue weighted by Gasteiger charge is 2.29. The lowest BCUT2D eigenvalue weighted by atomic mass is 9.79. The van der Waals surface area contributed by atoms with Gasteiger partial charge in [0.2, 0.25) is 0 Å². The first-order valence-electron chi connectivity index (χ1n) is 7.47. The van der Waals surface area contributed by atoms with E-state index in [-0.39, 0.29) is 17.9 Å². The number of aromatic nitrogens is 2. The molecule has 2 nitrogen and oxygen atoms in total. The summed E-state index contributed by atoms with van der Waals surface area (Å²) < 4.78 is 2.21. The quantitative estimate of drug-likeness (QED) is 0.746. The number of imidazole rings is 1. The van der Waals surface area contributed by atoms with Crippen molar-refractivity contribution in [1.82, 2.24) is 9.55 Å². The average Bonchev–Trinajstić information content (AvgIpc) is 2.92. The van der Waals surface area contributed by atoms with Crippen LogP contribution in [0.4, 0.5) is 0 Å². The third-order valence-electron chi connectivity index (χ3n) is 4.13. The number of rotatable bonds is 4. The molecule has 21 heavy (non-hydrogen) atoms. The molecule has 0 unspecified atom stereocenters. The van der Waals surface area contributed by atoms with Crippen molar-refractivity contribution in [2.24, 2.45) is 0 Å². The van der Waals surface area contributed by atoms with E-state index in [2.05, 4.69) is 75.5 Å². The predicted molar refractivity (Wildman–Crippen MR) is 92.5 cm³/mol. The number of hydrogen-bond acceptors (Lipinski definition) is 1. The molecule has 2 rings (SSSR count). The highest BCUT2D eigenvalue weighted by atomic mass is 35.5. The first-order valence-corrected chi connectivity index (χ1v) is 7.47. The van der Waals surface area contributed by atoms with Crippen molar-refractivity contribution in [3.05, 3.63) is 53.6 Å². The van der Waals surface area contributed by atoms with E-state index < -0.39 is 0 Å². The predicted octanol–water partition coefficient (Wildman–Crippen LogP) is 5.34. The Labute approximate surface area is 135 Å². The largest absolute Gasteiger partial charge is 0.328 e. The summed E-state index contributed by atoms with van der Waals surface area (Å²) >= 11 is 0. The summed E-state index contributed by atoms with van der Waals surface area (Å²) in [4.78, 5) is 4.23. The molecule has 0 bridgehead atoms. The van der Waals surface area contributed by atoms with E-state index in [1.165, 1.54) is 16.7 Å². The van der Waals surface area contributed by atoms with Crippen LogP contribution in [0.1, 0.15) is 70.1 Å². The molecule has 1 heterocycles. The number of hydrogen-bond donors (Lipinski definition) is 0. The van der Waals surface area contributed by atoms with Crippen LogP contribution in [0, 0.1) is 0 Å². The van der Waals surface area contributed by atoms with Gasteiger partial charge in [0, 0.05) is 12.4 Å². The molecule has 0 spiro atoms. The van der Waals surface area contributed by atoms with Crippen LogP contribution >= 0.6 is 12.4 Å². The molecule has 2 aromatic rings. The van der Waals surface area contributed by atoms with Crippen molar-refractivity contribution in [1.29, 1.82) is 0 Å². The molecule has 0 radical (unpaired) electrons.